The summed E-state index contributed by atoms with van der Waals surface area (Å²) in [5.74, 6) is 1.55. The summed E-state index contributed by atoms with van der Waals surface area (Å²) < 4.78 is 0. The second-order valence-electron chi connectivity index (χ2n) is 3.68. The minimum atomic E-state index is 0.288. The number of carbonyl (C=O) groups excluding carboxylic acids is 1. The Hall–Kier alpha value is -0.180. The predicted molar refractivity (Wildman–Crippen MR) is 51.3 cm³/mol. The molecule has 2 nitrogen and oxygen atoms in total. The molecule has 0 aromatic rings. The van der Waals surface area contributed by atoms with E-state index in [9.17, 15) is 4.79 Å². The van der Waals surface area contributed by atoms with Crippen molar-refractivity contribution in [1.29, 1.82) is 0 Å². The molecule has 0 aromatic carbocycles. The fraction of sp³-hybridized carbons (Fsp3) is 0.889. The van der Waals surface area contributed by atoms with Crippen LogP contribution in [0.2, 0.25) is 0 Å². The van der Waals surface area contributed by atoms with E-state index in [1.807, 2.05) is 23.7 Å². The van der Waals surface area contributed by atoms with Crippen molar-refractivity contribution in [3.05, 3.63) is 0 Å². The monoisotopic (exact) mass is 185 g/mol. The van der Waals surface area contributed by atoms with Crippen LogP contribution in [0.1, 0.15) is 25.7 Å². The van der Waals surface area contributed by atoms with E-state index in [0.29, 0.717) is 11.9 Å². The van der Waals surface area contributed by atoms with Gasteiger partial charge in [-0.1, -0.05) is 0 Å². The molecule has 0 spiro atoms. The van der Waals surface area contributed by atoms with E-state index in [1.165, 1.54) is 25.0 Å². The predicted octanol–water partition coefficient (Wildman–Crippen LogP) is 1.50. The maximum absolute atomic E-state index is 11.7. The first-order valence-corrected chi connectivity index (χ1v) is 5.72. The zero-order chi connectivity index (χ0) is 8.55. The third-order valence-corrected chi connectivity index (χ3v) is 4.01. The number of nitrogens with zero attached hydrogens (tertiary/aromatic N) is 1. The largest absolute Gasteiger partial charge is 0.342 e. The molecular formula is C9H15NOS. The smallest absolute Gasteiger partial charge is 0.235 e. The number of carbonyl (C=O) groups is 1. The van der Waals surface area contributed by atoms with Crippen LogP contribution in [0.15, 0.2) is 0 Å². The van der Waals surface area contributed by atoms with Crippen LogP contribution in [-0.4, -0.2) is 34.9 Å². The van der Waals surface area contributed by atoms with Crippen LogP contribution < -0.4 is 0 Å². The average molecular weight is 185 g/mol. The summed E-state index contributed by atoms with van der Waals surface area (Å²) in [6.45, 7) is 0. The SMILES string of the molecule is CN(C(=O)C1CCCS1)C1CC1. The highest BCUT2D eigenvalue weighted by Gasteiger charge is 2.34. The van der Waals surface area contributed by atoms with E-state index in [-0.39, 0.29) is 5.25 Å². The van der Waals surface area contributed by atoms with Crippen molar-refractivity contribution >= 4 is 17.7 Å². The van der Waals surface area contributed by atoms with Crippen molar-refractivity contribution in [2.75, 3.05) is 12.8 Å². The standard InChI is InChI=1S/C9H15NOS/c1-10(7-4-5-7)9(11)8-3-2-6-12-8/h7-8H,2-6H2,1H3. The lowest BCUT2D eigenvalue weighted by Gasteiger charge is -2.19. The van der Waals surface area contributed by atoms with E-state index >= 15 is 0 Å². The Balaban J connectivity index is 1.88. The zero-order valence-electron chi connectivity index (χ0n) is 7.45. The van der Waals surface area contributed by atoms with Crippen molar-refractivity contribution in [3.63, 3.8) is 0 Å². The molecular weight excluding hydrogens is 170 g/mol. The topological polar surface area (TPSA) is 20.3 Å². The van der Waals surface area contributed by atoms with Crippen LogP contribution in [0.3, 0.4) is 0 Å². The average Bonchev–Trinajstić information content (AvgIpc) is 2.79. The van der Waals surface area contributed by atoms with E-state index in [4.69, 9.17) is 0 Å². The molecule has 1 aliphatic heterocycles. The van der Waals surface area contributed by atoms with Crippen LogP contribution >= 0.6 is 11.8 Å². The van der Waals surface area contributed by atoms with Crippen molar-refractivity contribution in [2.24, 2.45) is 0 Å². The third-order valence-electron chi connectivity index (χ3n) is 2.65. The molecule has 12 heavy (non-hydrogen) atoms. The molecule has 0 aromatic heterocycles. The summed E-state index contributed by atoms with van der Waals surface area (Å²) in [7, 11) is 1.96. The van der Waals surface area contributed by atoms with Gasteiger partial charge in [-0.25, -0.2) is 0 Å². The van der Waals surface area contributed by atoms with E-state index in [0.717, 1.165) is 6.42 Å². The van der Waals surface area contributed by atoms with Crippen molar-refractivity contribution < 1.29 is 4.79 Å². The number of thioether (sulfide) groups is 1. The molecule has 2 fully saturated rings. The first kappa shape index (κ1) is 8.42. The maximum atomic E-state index is 11.7. The molecule has 1 unspecified atom stereocenters. The number of rotatable bonds is 2. The van der Waals surface area contributed by atoms with Gasteiger partial charge in [0.1, 0.15) is 0 Å². The van der Waals surface area contributed by atoms with Gasteiger partial charge in [-0.2, -0.15) is 0 Å². The molecule has 68 valence electrons. The lowest BCUT2D eigenvalue weighted by molar-refractivity contribution is -0.129. The minimum absolute atomic E-state index is 0.288. The van der Waals surface area contributed by atoms with Gasteiger partial charge in [0, 0.05) is 13.1 Å². The summed E-state index contributed by atoms with van der Waals surface area (Å²) in [5.41, 5.74) is 0. The number of hydrogen-bond donors (Lipinski definition) is 0. The van der Waals surface area contributed by atoms with Gasteiger partial charge < -0.3 is 4.90 Å². The highest BCUT2D eigenvalue weighted by atomic mass is 32.2. The molecule has 2 rings (SSSR count). The molecule has 1 atom stereocenters. The molecule has 0 bridgehead atoms. The Kier molecular flexibility index (Phi) is 2.31. The third kappa shape index (κ3) is 1.60. The number of amides is 1. The van der Waals surface area contributed by atoms with Gasteiger partial charge in [0.2, 0.25) is 5.91 Å². The van der Waals surface area contributed by atoms with Crippen molar-refractivity contribution in [2.45, 2.75) is 37.0 Å². The summed E-state index contributed by atoms with van der Waals surface area (Å²) in [5, 5.41) is 0.288. The normalized spacial score (nSPS) is 28.9. The lowest BCUT2D eigenvalue weighted by atomic mass is 10.2. The fourth-order valence-electron chi connectivity index (χ4n) is 1.64. The highest BCUT2D eigenvalue weighted by molar-refractivity contribution is 8.00. The molecule has 1 aliphatic carbocycles. The summed E-state index contributed by atoms with van der Waals surface area (Å²) in [6.07, 6.45) is 4.76. The van der Waals surface area contributed by atoms with Crippen molar-refractivity contribution in [1.82, 2.24) is 4.90 Å². The Morgan fingerprint density at radius 3 is 2.67 bits per heavy atom. The quantitative estimate of drug-likeness (QED) is 0.650. The lowest BCUT2D eigenvalue weighted by Crippen LogP contribution is -2.35. The summed E-state index contributed by atoms with van der Waals surface area (Å²) in [6, 6.07) is 0.582. The first-order chi connectivity index (χ1) is 5.79. The van der Waals surface area contributed by atoms with Gasteiger partial charge in [-0.3, -0.25) is 4.79 Å². The molecule has 1 saturated carbocycles. The van der Waals surface area contributed by atoms with Gasteiger partial charge in [0.25, 0.3) is 0 Å². The Morgan fingerprint density at radius 1 is 1.42 bits per heavy atom. The zero-order valence-corrected chi connectivity index (χ0v) is 8.27. The summed E-state index contributed by atoms with van der Waals surface area (Å²) in [4.78, 5) is 13.7. The van der Waals surface area contributed by atoms with Crippen LogP contribution in [0.4, 0.5) is 0 Å². The van der Waals surface area contributed by atoms with Gasteiger partial charge in [0.05, 0.1) is 5.25 Å². The second-order valence-corrected chi connectivity index (χ2v) is 4.99. The molecule has 0 N–H and O–H groups in total. The minimum Gasteiger partial charge on any atom is -0.342 e. The fourth-order valence-corrected chi connectivity index (χ4v) is 2.90. The molecule has 3 heteroatoms. The second kappa shape index (κ2) is 3.29. The molecule has 1 heterocycles. The highest BCUT2D eigenvalue weighted by Crippen LogP contribution is 2.31. The van der Waals surface area contributed by atoms with Crippen LogP contribution in [-0.2, 0) is 4.79 Å². The Labute approximate surface area is 77.7 Å². The van der Waals surface area contributed by atoms with Gasteiger partial charge in [-0.15, -0.1) is 11.8 Å². The van der Waals surface area contributed by atoms with E-state index < -0.39 is 0 Å². The molecule has 0 radical (unpaired) electrons. The van der Waals surface area contributed by atoms with Gasteiger partial charge >= 0.3 is 0 Å². The van der Waals surface area contributed by atoms with Gasteiger partial charge in [0.15, 0.2) is 0 Å². The Bertz CT molecular complexity index is 181. The van der Waals surface area contributed by atoms with Crippen LogP contribution in [0.5, 0.6) is 0 Å². The van der Waals surface area contributed by atoms with E-state index in [1.54, 1.807) is 0 Å². The number of hydrogen-bond acceptors (Lipinski definition) is 2. The van der Waals surface area contributed by atoms with Crippen LogP contribution in [0, 0.1) is 0 Å². The molecule has 2 aliphatic rings. The Morgan fingerprint density at radius 2 is 2.17 bits per heavy atom. The summed E-state index contributed by atoms with van der Waals surface area (Å²) >= 11 is 1.83. The molecule has 1 amide bonds. The van der Waals surface area contributed by atoms with Crippen LogP contribution in [0.25, 0.3) is 0 Å². The van der Waals surface area contributed by atoms with E-state index in [2.05, 4.69) is 0 Å². The van der Waals surface area contributed by atoms with Gasteiger partial charge in [-0.05, 0) is 31.4 Å². The molecule has 1 saturated heterocycles. The van der Waals surface area contributed by atoms with Crippen molar-refractivity contribution in [3.8, 4) is 0 Å². The maximum Gasteiger partial charge on any atom is 0.235 e. The first-order valence-electron chi connectivity index (χ1n) is 4.67.